The van der Waals surface area contributed by atoms with E-state index in [0.717, 1.165) is 36.1 Å². The van der Waals surface area contributed by atoms with Gasteiger partial charge in [-0.2, -0.15) is 5.10 Å². The van der Waals surface area contributed by atoms with E-state index < -0.39 is 24.5 Å². The first kappa shape index (κ1) is 27.1. The Kier molecular flexibility index (Phi) is 9.35. The molecular weight excluding hydrogens is 482 g/mol. The van der Waals surface area contributed by atoms with E-state index in [9.17, 15) is 19.2 Å². The molecule has 0 atom stereocenters. The molecule has 0 spiro atoms. The number of benzene rings is 1. The molecule has 0 aliphatic rings. The quantitative estimate of drug-likeness (QED) is 0.293. The SMILES string of the molecule is CCCCCCn1nc(C(=O)OCC(=O)Nc2sc(C)c(C)c2C(=O)OCC)c2ccccc2c1=O. The third kappa shape index (κ3) is 6.17. The maximum atomic E-state index is 12.9. The van der Waals surface area contributed by atoms with E-state index in [4.69, 9.17) is 9.47 Å². The fraction of sp³-hybridized carbons (Fsp3) is 0.423. The minimum atomic E-state index is -0.812. The molecule has 0 aliphatic carbocycles. The Labute approximate surface area is 213 Å². The van der Waals surface area contributed by atoms with Crippen molar-refractivity contribution in [2.45, 2.75) is 59.9 Å². The van der Waals surface area contributed by atoms with Crippen LogP contribution in [0.2, 0.25) is 0 Å². The van der Waals surface area contributed by atoms with Crippen LogP contribution in [0.4, 0.5) is 5.00 Å². The number of ether oxygens (including phenoxy) is 2. The van der Waals surface area contributed by atoms with Crippen molar-refractivity contribution in [2.75, 3.05) is 18.5 Å². The van der Waals surface area contributed by atoms with Gasteiger partial charge in [-0.25, -0.2) is 14.3 Å². The molecule has 10 heteroatoms. The summed E-state index contributed by atoms with van der Waals surface area (Å²) >= 11 is 1.25. The summed E-state index contributed by atoms with van der Waals surface area (Å²) in [5.41, 5.74) is 0.722. The molecule has 3 rings (SSSR count). The van der Waals surface area contributed by atoms with Crippen molar-refractivity contribution in [3.63, 3.8) is 0 Å². The number of carbonyl (C=O) groups is 3. The second-order valence-corrected chi connectivity index (χ2v) is 9.54. The number of rotatable bonds is 11. The smallest absolute Gasteiger partial charge is 0.359 e. The average molecular weight is 514 g/mol. The van der Waals surface area contributed by atoms with Gasteiger partial charge in [0, 0.05) is 16.8 Å². The number of thiophene rings is 1. The van der Waals surface area contributed by atoms with E-state index >= 15 is 0 Å². The number of aryl methyl sites for hydroxylation is 2. The Morgan fingerprint density at radius 1 is 1.00 bits per heavy atom. The number of amides is 1. The van der Waals surface area contributed by atoms with Crippen molar-refractivity contribution in [3.05, 3.63) is 56.3 Å². The molecule has 0 unspecified atom stereocenters. The highest BCUT2D eigenvalue weighted by Crippen LogP contribution is 2.33. The molecule has 2 aromatic heterocycles. The minimum absolute atomic E-state index is 0.0245. The van der Waals surface area contributed by atoms with E-state index in [1.165, 1.54) is 16.0 Å². The van der Waals surface area contributed by atoms with Gasteiger partial charge >= 0.3 is 11.9 Å². The van der Waals surface area contributed by atoms with Crippen LogP contribution in [0.1, 0.15) is 70.8 Å². The number of anilines is 1. The zero-order chi connectivity index (χ0) is 26.2. The Bertz CT molecular complexity index is 1330. The summed E-state index contributed by atoms with van der Waals surface area (Å²) < 4.78 is 11.6. The van der Waals surface area contributed by atoms with Crippen LogP contribution in [0.25, 0.3) is 10.8 Å². The Balaban J connectivity index is 1.76. The van der Waals surface area contributed by atoms with Crippen LogP contribution in [0.5, 0.6) is 0 Å². The lowest BCUT2D eigenvalue weighted by atomic mass is 10.1. The molecule has 0 aliphatic heterocycles. The normalized spacial score (nSPS) is 10.9. The van der Waals surface area contributed by atoms with Gasteiger partial charge in [0.2, 0.25) is 0 Å². The maximum absolute atomic E-state index is 12.9. The fourth-order valence-corrected chi connectivity index (χ4v) is 4.82. The van der Waals surface area contributed by atoms with Crippen LogP contribution in [0, 0.1) is 13.8 Å². The predicted molar refractivity (Wildman–Crippen MR) is 139 cm³/mol. The van der Waals surface area contributed by atoms with Crippen molar-refractivity contribution < 1.29 is 23.9 Å². The van der Waals surface area contributed by atoms with Crippen molar-refractivity contribution in [1.29, 1.82) is 0 Å². The van der Waals surface area contributed by atoms with Gasteiger partial charge in [-0.3, -0.25) is 9.59 Å². The van der Waals surface area contributed by atoms with Gasteiger partial charge in [-0.15, -0.1) is 11.3 Å². The predicted octanol–water partition coefficient (Wildman–Crippen LogP) is 4.63. The molecule has 2 heterocycles. The van der Waals surface area contributed by atoms with E-state index in [0.29, 0.717) is 27.9 Å². The van der Waals surface area contributed by atoms with Crippen molar-refractivity contribution in [2.24, 2.45) is 0 Å². The molecule has 1 N–H and O–H groups in total. The number of esters is 2. The number of carbonyl (C=O) groups excluding carboxylic acids is 3. The van der Waals surface area contributed by atoms with Gasteiger partial charge in [0.25, 0.3) is 11.5 Å². The summed E-state index contributed by atoms with van der Waals surface area (Å²) in [7, 11) is 0. The first-order valence-electron chi connectivity index (χ1n) is 12.0. The van der Waals surface area contributed by atoms with Gasteiger partial charge < -0.3 is 14.8 Å². The Morgan fingerprint density at radius 2 is 1.72 bits per heavy atom. The minimum Gasteiger partial charge on any atom is -0.462 e. The molecule has 0 saturated carbocycles. The van der Waals surface area contributed by atoms with Crippen LogP contribution < -0.4 is 10.9 Å². The van der Waals surface area contributed by atoms with Gasteiger partial charge in [0.1, 0.15) is 5.00 Å². The first-order valence-corrected chi connectivity index (χ1v) is 12.8. The highest BCUT2D eigenvalue weighted by molar-refractivity contribution is 7.16. The van der Waals surface area contributed by atoms with Gasteiger partial charge in [0.15, 0.2) is 12.3 Å². The molecule has 0 saturated heterocycles. The topological polar surface area (TPSA) is 117 Å². The van der Waals surface area contributed by atoms with Gasteiger partial charge in [0.05, 0.1) is 17.6 Å². The van der Waals surface area contributed by atoms with Crippen molar-refractivity contribution >= 4 is 45.0 Å². The number of nitrogens with one attached hydrogen (secondary N) is 1. The maximum Gasteiger partial charge on any atom is 0.359 e. The highest BCUT2D eigenvalue weighted by atomic mass is 32.1. The zero-order valence-corrected chi connectivity index (χ0v) is 21.8. The molecule has 192 valence electrons. The van der Waals surface area contributed by atoms with Crippen LogP contribution in [0.15, 0.2) is 29.1 Å². The molecule has 1 amide bonds. The summed E-state index contributed by atoms with van der Waals surface area (Å²) in [6.45, 7) is 7.44. The Hall–Kier alpha value is -3.53. The lowest BCUT2D eigenvalue weighted by Gasteiger charge is -2.11. The molecule has 9 nitrogen and oxygen atoms in total. The third-order valence-corrected chi connectivity index (χ3v) is 6.86. The highest BCUT2D eigenvalue weighted by Gasteiger charge is 2.23. The molecular formula is C26H31N3O6S. The lowest BCUT2D eigenvalue weighted by Crippen LogP contribution is -2.28. The van der Waals surface area contributed by atoms with Gasteiger partial charge in [-0.05, 0) is 38.8 Å². The van der Waals surface area contributed by atoms with Crippen molar-refractivity contribution in [3.8, 4) is 0 Å². The second-order valence-electron chi connectivity index (χ2n) is 8.32. The van der Waals surface area contributed by atoms with Crippen molar-refractivity contribution in [1.82, 2.24) is 9.78 Å². The summed E-state index contributed by atoms with van der Waals surface area (Å²) in [6, 6.07) is 6.70. The molecule has 1 aromatic carbocycles. The second kappa shape index (κ2) is 12.4. The average Bonchev–Trinajstić information content (AvgIpc) is 3.14. The number of hydrogen-bond acceptors (Lipinski definition) is 8. The number of fused-ring (bicyclic) bond motifs is 1. The molecule has 3 aromatic rings. The number of hydrogen-bond donors (Lipinski definition) is 1. The standard InChI is InChI=1S/C26H31N3O6S/c1-5-7-8-11-14-29-24(31)19-13-10-9-12-18(19)22(28-29)26(33)35-15-20(30)27-23-21(25(32)34-6-2)16(3)17(4)36-23/h9-10,12-13H,5-8,11,14-15H2,1-4H3,(H,27,30). The largest absolute Gasteiger partial charge is 0.462 e. The monoisotopic (exact) mass is 513 g/mol. The lowest BCUT2D eigenvalue weighted by molar-refractivity contribution is -0.119. The van der Waals surface area contributed by atoms with Crippen LogP contribution >= 0.6 is 11.3 Å². The molecule has 0 bridgehead atoms. The molecule has 0 fully saturated rings. The molecule has 0 radical (unpaired) electrons. The van der Waals surface area contributed by atoms with E-state index in [1.807, 2.05) is 6.92 Å². The van der Waals surface area contributed by atoms with Crippen LogP contribution in [-0.2, 0) is 20.8 Å². The third-order valence-electron chi connectivity index (χ3n) is 5.74. The van der Waals surface area contributed by atoms with Crippen LogP contribution in [0.3, 0.4) is 0 Å². The summed E-state index contributed by atoms with van der Waals surface area (Å²) in [5, 5.41) is 7.99. The summed E-state index contributed by atoms with van der Waals surface area (Å²) in [6.07, 6.45) is 3.82. The fourth-order valence-electron chi connectivity index (χ4n) is 3.75. The van der Waals surface area contributed by atoms with Gasteiger partial charge in [-0.1, -0.05) is 44.4 Å². The van der Waals surface area contributed by atoms with Crippen LogP contribution in [-0.4, -0.2) is 40.8 Å². The Morgan fingerprint density at radius 3 is 2.42 bits per heavy atom. The number of aromatic nitrogens is 2. The molecule has 36 heavy (non-hydrogen) atoms. The van der Waals surface area contributed by atoms with E-state index in [2.05, 4.69) is 17.3 Å². The van der Waals surface area contributed by atoms with E-state index in [-0.39, 0.29) is 17.9 Å². The van der Waals surface area contributed by atoms with E-state index in [1.54, 1.807) is 38.1 Å². The first-order chi connectivity index (χ1) is 17.3. The summed E-state index contributed by atoms with van der Waals surface area (Å²) in [5.74, 6) is -1.94. The number of nitrogens with zero attached hydrogens (tertiary/aromatic N) is 2. The summed E-state index contributed by atoms with van der Waals surface area (Å²) in [4.78, 5) is 51.6. The number of unbranched alkanes of at least 4 members (excludes halogenated alkanes) is 3. The zero-order valence-electron chi connectivity index (χ0n) is 21.0.